The van der Waals surface area contributed by atoms with E-state index in [1.807, 2.05) is 6.07 Å². The second-order valence-electron chi connectivity index (χ2n) is 4.45. The van der Waals surface area contributed by atoms with Crippen LogP contribution in [-0.2, 0) is 20.8 Å². The topological polar surface area (TPSA) is 113 Å². The minimum absolute atomic E-state index is 0.0304. The van der Waals surface area contributed by atoms with Gasteiger partial charge in [0.25, 0.3) is 0 Å². The first-order chi connectivity index (χ1) is 9.26. The van der Waals surface area contributed by atoms with E-state index in [-0.39, 0.29) is 16.6 Å². The Morgan fingerprint density at radius 2 is 2.15 bits per heavy atom. The Morgan fingerprint density at radius 3 is 2.65 bits per heavy atom. The van der Waals surface area contributed by atoms with Gasteiger partial charge in [-0.2, -0.15) is 5.26 Å². The standard InChI is InChI=1S/C12H17N3O3S2/c1-9(5-6-19(2)16)15-20(17,18)12-4-3-10(8-13)7-11(12)14/h3-4,7,9,15H,5-6,14H2,1-2H3. The van der Waals surface area contributed by atoms with Crippen LogP contribution in [0.5, 0.6) is 0 Å². The highest BCUT2D eigenvalue weighted by Crippen LogP contribution is 2.19. The summed E-state index contributed by atoms with van der Waals surface area (Å²) in [6, 6.07) is 5.57. The molecule has 0 amide bonds. The van der Waals surface area contributed by atoms with E-state index in [4.69, 9.17) is 11.0 Å². The molecule has 8 heteroatoms. The van der Waals surface area contributed by atoms with Crippen LogP contribution in [0, 0.1) is 11.3 Å². The molecule has 0 fully saturated rings. The third-order valence-corrected chi connectivity index (χ3v) is 5.10. The number of nitrogens with one attached hydrogen (secondary N) is 1. The summed E-state index contributed by atoms with van der Waals surface area (Å²) >= 11 is 0. The maximum absolute atomic E-state index is 12.2. The third-order valence-electron chi connectivity index (χ3n) is 2.62. The van der Waals surface area contributed by atoms with Gasteiger partial charge in [0.1, 0.15) is 4.90 Å². The van der Waals surface area contributed by atoms with Crippen LogP contribution in [0.15, 0.2) is 23.1 Å². The molecule has 0 heterocycles. The highest BCUT2D eigenvalue weighted by Gasteiger charge is 2.20. The Kier molecular flexibility index (Phi) is 5.68. The molecule has 110 valence electrons. The highest BCUT2D eigenvalue weighted by atomic mass is 32.2. The lowest BCUT2D eigenvalue weighted by atomic mass is 10.2. The number of rotatable bonds is 6. The minimum Gasteiger partial charge on any atom is -0.398 e. The van der Waals surface area contributed by atoms with Crippen molar-refractivity contribution in [2.45, 2.75) is 24.3 Å². The number of nitrogens with two attached hydrogens (primary N) is 1. The molecule has 2 unspecified atom stereocenters. The Labute approximate surface area is 121 Å². The second kappa shape index (κ2) is 6.83. The molecule has 0 aliphatic carbocycles. The normalized spacial score (nSPS) is 14.4. The van der Waals surface area contributed by atoms with Gasteiger partial charge >= 0.3 is 0 Å². The van der Waals surface area contributed by atoms with Crippen molar-refractivity contribution in [3.8, 4) is 6.07 Å². The molecule has 0 aliphatic rings. The van der Waals surface area contributed by atoms with Gasteiger partial charge in [0.2, 0.25) is 10.0 Å². The third kappa shape index (κ3) is 4.59. The fourth-order valence-corrected chi connectivity index (χ4v) is 3.67. The SMILES string of the molecule is CC(CCS(C)=O)NS(=O)(=O)c1ccc(C#N)cc1N. The summed E-state index contributed by atoms with van der Waals surface area (Å²) < 4.78 is 37.8. The van der Waals surface area contributed by atoms with Crippen molar-refractivity contribution in [1.82, 2.24) is 4.72 Å². The lowest BCUT2D eigenvalue weighted by Crippen LogP contribution is -2.34. The minimum atomic E-state index is -3.75. The van der Waals surface area contributed by atoms with E-state index < -0.39 is 20.8 Å². The summed E-state index contributed by atoms with van der Waals surface area (Å²) in [5.41, 5.74) is 5.99. The lowest BCUT2D eigenvalue weighted by molar-refractivity contribution is 0.556. The Morgan fingerprint density at radius 1 is 1.50 bits per heavy atom. The number of nitriles is 1. The van der Waals surface area contributed by atoms with E-state index in [0.717, 1.165) is 0 Å². The van der Waals surface area contributed by atoms with Gasteiger partial charge in [-0.25, -0.2) is 13.1 Å². The molecular formula is C12H17N3O3S2. The van der Waals surface area contributed by atoms with E-state index in [2.05, 4.69) is 4.72 Å². The zero-order chi connectivity index (χ0) is 15.3. The lowest BCUT2D eigenvalue weighted by Gasteiger charge is -2.14. The van der Waals surface area contributed by atoms with Crippen molar-refractivity contribution < 1.29 is 12.6 Å². The molecule has 2 atom stereocenters. The summed E-state index contributed by atoms with van der Waals surface area (Å²) in [5, 5.41) is 8.72. The molecule has 0 spiro atoms. The van der Waals surface area contributed by atoms with Crippen LogP contribution < -0.4 is 10.5 Å². The van der Waals surface area contributed by atoms with Crippen LogP contribution in [-0.4, -0.2) is 30.7 Å². The molecule has 0 bridgehead atoms. The van der Waals surface area contributed by atoms with Crippen LogP contribution >= 0.6 is 0 Å². The predicted molar refractivity (Wildman–Crippen MR) is 78.9 cm³/mol. The van der Waals surface area contributed by atoms with Gasteiger partial charge in [0.15, 0.2) is 0 Å². The van der Waals surface area contributed by atoms with Crippen LogP contribution in [0.4, 0.5) is 5.69 Å². The van der Waals surface area contributed by atoms with Crippen LogP contribution in [0.25, 0.3) is 0 Å². The summed E-state index contributed by atoms with van der Waals surface area (Å²) in [5.74, 6) is 0.423. The smallest absolute Gasteiger partial charge is 0.242 e. The first kappa shape index (κ1) is 16.6. The molecule has 0 aromatic heterocycles. The molecule has 20 heavy (non-hydrogen) atoms. The van der Waals surface area contributed by atoms with Crippen LogP contribution in [0.2, 0.25) is 0 Å². The summed E-state index contributed by atoms with van der Waals surface area (Å²) in [7, 11) is -4.71. The van der Waals surface area contributed by atoms with Gasteiger partial charge in [-0.05, 0) is 31.5 Å². The number of hydrogen-bond donors (Lipinski definition) is 2. The van der Waals surface area contributed by atoms with E-state index in [1.165, 1.54) is 18.2 Å². The van der Waals surface area contributed by atoms with Crippen molar-refractivity contribution in [2.75, 3.05) is 17.7 Å². The van der Waals surface area contributed by atoms with E-state index >= 15 is 0 Å². The molecule has 6 nitrogen and oxygen atoms in total. The molecule has 0 saturated heterocycles. The van der Waals surface area contributed by atoms with Gasteiger partial charge < -0.3 is 5.73 Å². The fraction of sp³-hybridized carbons (Fsp3) is 0.417. The number of hydrogen-bond acceptors (Lipinski definition) is 5. The van der Waals surface area contributed by atoms with Gasteiger partial charge in [0, 0.05) is 28.9 Å². The number of nitrogen functional groups attached to an aromatic ring is 1. The van der Waals surface area contributed by atoms with Gasteiger partial charge in [-0.3, -0.25) is 4.21 Å². The van der Waals surface area contributed by atoms with Crippen molar-refractivity contribution in [1.29, 1.82) is 5.26 Å². The predicted octanol–water partition coefficient (Wildman–Crippen LogP) is 0.576. The van der Waals surface area contributed by atoms with Gasteiger partial charge in [-0.1, -0.05) is 0 Å². The van der Waals surface area contributed by atoms with Crippen molar-refractivity contribution in [3.63, 3.8) is 0 Å². The molecule has 1 aromatic carbocycles. The average molecular weight is 315 g/mol. The molecule has 1 rings (SSSR count). The molecule has 0 radical (unpaired) electrons. The largest absolute Gasteiger partial charge is 0.398 e. The zero-order valence-electron chi connectivity index (χ0n) is 11.3. The maximum Gasteiger partial charge on any atom is 0.242 e. The Balaban J connectivity index is 2.89. The number of nitrogens with zero attached hydrogens (tertiary/aromatic N) is 1. The Bertz CT molecular complexity index is 650. The average Bonchev–Trinajstić information content (AvgIpc) is 2.35. The summed E-state index contributed by atoms with van der Waals surface area (Å²) in [6.45, 7) is 1.70. The fourth-order valence-electron chi connectivity index (χ4n) is 1.59. The molecule has 1 aromatic rings. The van der Waals surface area contributed by atoms with Crippen molar-refractivity contribution >= 4 is 26.5 Å². The van der Waals surface area contributed by atoms with Crippen molar-refractivity contribution in [3.05, 3.63) is 23.8 Å². The molecule has 3 N–H and O–H groups in total. The number of anilines is 1. The highest BCUT2D eigenvalue weighted by molar-refractivity contribution is 7.89. The first-order valence-electron chi connectivity index (χ1n) is 5.88. The summed E-state index contributed by atoms with van der Waals surface area (Å²) in [4.78, 5) is -0.0547. The van der Waals surface area contributed by atoms with Gasteiger partial charge in [-0.15, -0.1) is 0 Å². The Hall–Kier alpha value is -1.43. The molecule has 0 saturated carbocycles. The number of sulfonamides is 1. The van der Waals surface area contributed by atoms with Crippen LogP contribution in [0.1, 0.15) is 18.9 Å². The monoisotopic (exact) mass is 315 g/mol. The second-order valence-corrected chi connectivity index (χ2v) is 7.69. The molecule has 0 aliphatic heterocycles. The van der Waals surface area contributed by atoms with E-state index in [9.17, 15) is 12.6 Å². The molecular weight excluding hydrogens is 298 g/mol. The van der Waals surface area contributed by atoms with E-state index in [0.29, 0.717) is 17.7 Å². The van der Waals surface area contributed by atoms with E-state index in [1.54, 1.807) is 13.2 Å². The number of benzene rings is 1. The zero-order valence-corrected chi connectivity index (χ0v) is 12.9. The quantitative estimate of drug-likeness (QED) is 0.745. The summed E-state index contributed by atoms with van der Waals surface area (Å²) in [6.07, 6.45) is 2.04. The first-order valence-corrected chi connectivity index (χ1v) is 9.09. The van der Waals surface area contributed by atoms with Crippen LogP contribution in [0.3, 0.4) is 0 Å². The van der Waals surface area contributed by atoms with Gasteiger partial charge in [0.05, 0.1) is 17.3 Å². The maximum atomic E-state index is 12.2. The van der Waals surface area contributed by atoms with Crippen molar-refractivity contribution in [2.24, 2.45) is 0 Å².